The van der Waals surface area contributed by atoms with Crippen molar-refractivity contribution in [3.05, 3.63) is 109 Å². The molecule has 4 aromatic rings. The summed E-state index contributed by atoms with van der Waals surface area (Å²) in [5.74, 6) is 2.03. The van der Waals surface area contributed by atoms with E-state index in [1.54, 1.807) is 62.8 Å². The molecular weight excluding hydrogens is 443 g/mol. The molecule has 29 heavy (non-hydrogen) atoms. The molecule has 5 heteroatoms. The minimum absolute atomic E-state index is 0. The second-order valence-corrected chi connectivity index (χ2v) is 5.32. The predicted octanol–water partition coefficient (Wildman–Crippen LogP) is 5.61. The van der Waals surface area contributed by atoms with Crippen LogP contribution in [0.1, 0.15) is 0 Å². The van der Waals surface area contributed by atoms with Gasteiger partial charge in [0.2, 0.25) is 0 Å². The summed E-state index contributed by atoms with van der Waals surface area (Å²) in [7, 11) is 3.18. The van der Waals surface area contributed by atoms with E-state index in [4.69, 9.17) is 19.7 Å². The zero-order chi connectivity index (χ0) is 20.5. The second kappa shape index (κ2) is 17.3. The van der Waals surface area contributed by atoms with Gasteiger partial charge < -0.3 is 19.7 Å². The maximum atomic E-state index is 8.80. The molecule has 0 amide bonds. The van der Waals surface area contributed by atoms with Gasteiger partial charge in [0.15, 0.2) is 0 Å². The topological polar surface area (TPSA) is 58.9 Å². The molecule has 0 spiro atoms. The van der Waals surface area contributed by atoms with Crippen LogP contribution in [-0.2, 0) is 26.2 Å². The third-order valence-electron chi connectivity index (χ3n) is 3.26. The first-order valence-corrected chi connectivity index (χ1v) is 8.65. The van der Waals surface area contributed by atoms with Gasteiger partial charge in [-0.05, 0) is 48.5 Å². The van der Waals surface area contributed by atoms with Crippen molar-refractivity contribution >= 4 is 0 Å². The number of ether oxygens (including phenoxy) is 2. The van der Waals surface area contributed by atoms with Gasteiger partial charge in [0.05, 0.1) is 14.2 Å². The van der Waals surface area contributed by atoms with Crippen LogP contribution in [0.15, 0.2) is 109 Å². The molecular formula is C24H26O4Zr. The molecule has 0 saturated carbocycles. The van der Waals surface area contributed by atoms with Gasteiger partial charge in [-0.25, -0.2) is 24.3 Å². The molecule has 0 fully saturated rings. The number of rotatable bonds is 2. The summed E-state index contributed by atoms with van der Waals surface area (Å²) in [6, 6.07) is 33.1. The molecule has 0 aliphatic rings. The van der Waals surface area contributed by atoms with E-state index in [0.717, 1.165) is 11.5 Å². The first-order valence-electron chi connectivity index (χ1n) is 8.65. The van der Waals surface area contributed by atoms with Gasteiger partial charge in [0, 0.05) is 0 Å². The van der Waals surface area contributed by atoms with Gasteiger partial charge in [0.1, 0.15) is 23.0 Å². The minimum atomic E-state index is 0. The fraction of sp³-hybridized carbons (Fsp3) is 0.0833. The van der Waals surface area contributed by atoms with Gasteiger partial charge >= 0.3 is 26.2 Å². The van der Waals surface area contributed by atoms with Gasteiger partial charge in [-0.3, -0.25) is 0 Å². The van der Waals surface area contributed by atoms with E-state index in [1.807, 2.05) is 60.7 Å². The van der Waals surface area contributed by atoms with E-state index in [-0.39, 0.29) is 37.7 Å². The Bertz CT molecular complexity index is 687. The van der Waals surface area contributed by atoms with Crippen LogP contribution in [0.2, 0.25) is 0 Å². The Morgan fingerprint density at radius 3 is 1.00 bits per heavy atom. The standard InChI is InChI=1S/2C7H8O2.2C5H5.Zr/c2*1-9-7-4-2-6(8)3-5-7;2*1-2-4-5-3-1;/h2*2-5,8H,1H3;2*1-5H;/q;;2*-1;+2. The Kier molecular flexibility index (Phi) is 15.7. The molecule has 0 radical (unpaired) electrons. The maximum Gasteiger partial charge on any atom is 2.00 e. The van der Waals surface area contributed by atoms with Gasteiger partial charge in [-0.1, -0.05) is 0 Å². The fourth-order valence-corrected chi connectivity index (χ4v) is 1.81. The van der Waals surface area contributed by atoms with Crippen molar-refractivity contribution in [2.24, 2.45) is 0 Å². The Labute approximate surface area is 191 Å². The van der Waals surface area contributed by atoms with E-state index in [1.165, 1.54) is 0 Å². The summed E-state index contributed by atoms with van der Waals surface area (Å²) in [6.45, 7) is 0. The first-order chi connectivity index (χ1) is 13.7. The quantitative estimate of drug-likeness (QED) is 0.375. The van der Waals surface area contributed by atoms with Crippen molar-refractivity contribution in [2.45, 2.75) is 0 Å². The molecule has 0 saturated heterocycles. The third kappa shape index (κ3) is 14.0. The smallest absolute Gasteiger partial charge is 0.508 e. The van der Waals surface area contributed by atoms with E-state index in [9.17, 15) is 0 Å². The SMILES string of the molecule is COc1ccc(O)cc1.COc1ccc(O)cc1.[Zr+2].c1cc[cH-]c1.c1cc[cH-]c1. The second-order valence-electron chi connectivity index (χ2n) is 5.32. The number of hydrogen-bond donors (Lipinski definition) is 2. The van der Waals surface area contributed by atoms with Gasteiger partial charge in [-0.15, -0.1) is 0 Å². The van der Waals surface area contributed by atoms with E-state index in [2.05, 4.69) is 0 Å². The molecule has 0 atom stereocenters. The summed E-state index contributed by atoms with van der Waals surface area (Å²) >= 11 is 0. The molecule has 2 N–H and O–H groups in total. The number of aromatic hydroxyl groups is 2. The Morgan fingerprint density at radius 1 is 0.552 bits per heavy atom. The molecule has 0 unspecified atom stereocenters. The Balaban J connectivity index is 0.000000369. The normalized spacial score (nSPS) is 8.34. The van der Waals surface area contributed by atoms with Crippen LogP contribution in [-0.4, -0.2) is 24.4 Å². The van der Waals surface area contributed by atoms with Crippen LogP contribution in [0.5, 0.6) is 23.0 Å². The zero-order valence-electron chi connectivity index (χ0n) is 16.6. The molecule has 4 aromatic carbocycles. The summed E-state index contributed by atoms with van der Waals surface area (Å²) in [5.41, 5.74) is 0. The van der Waals surface area contributed by atoms with Crippen LogP contribution in [0.4, 0.5) is 0 Å². The summed E-state index contributed by atoms with van der Waals surface area (Å²) in [6.07, 6.45) is 0. The molecule has 0 bridgehead atoms. The van der Waals surface area contributed by atoms with Gasteiger partial charge in [-0.2, -0.15) is 36.4 Å². The van der Waals surface area contributed by atoms with E-state index < -0.39 is 0 Å². The van der Waals surface area contributed by atoms with Crippen molar-refractivity contribution in [1.29, 1.82) is 0 Å². The summed E-state index contributed by atoms with van der Waals surface area (Å²) < 4.78 is 9.72. The number of phenols is 2. The first kappa shape index (κ1) is 26.2. The minimum Gasteiger partial charge on any atom is -0.508 e. The number of hydrogen-bond acceptors (Lipinski definition) is 4. The predicted molar refractivity (Wildman–Crippen MR) is 113 cm³/mol. The van der Waals surface area contributed by atoms with Crippen molar-refractivity contribution in [3.8, 4) is 23.0 Å². The molecule has 0 aliphatic carbocycles. The van der Waals surface area contributed by atoms with Crippen molar-refractivity contribution in [1.82, 2.24) is 0 Å². The molecule has 0 heterocycles. The average molecular weight is 470 g/mol. The fourth-order valence-electron chi connectivity index (χ4n) is 1.81. The molecule has 150 valence electrons. The van der Waals surface area contributed by atoms with Crippen molar-refractivity contribution in [3.63, 3.8) is 0 Å². The van der Waals surface area contributed by atoms with E-state index >= 15 is 0 Å². The maximum absolute atomic E-state index is 8.80. The monoisotopic (exact) mass is 468 g/mol. The van der Waals surface area contributed by atoms with Crippen LogP contribution in [0.3, 0.4) is 0 Å². The molecule has 4 rings (SSSR count). The number of benzene rings is 2. The summed E-state index contributed by atoms with van der Waals surface area (Å²) in [4.78, 5) is 0. The number of phenolic OH excluding ortho intramolecular Hbond substituents is 2. The molecule has 0 aromatic heterocycles. The van der Waals surface area contributed by atoms with Gasteiger partial charge in [0.25, 0.3) is 0 Å². The Hall–Kier alpha value is -2.78. The van der Waals surface area contributed by atoms with Crippen molar-refractivity contribution < 1.29 is 45.9 Å². The number of methoxy groups -OCH3 is 2. The largest absolute Gasteiger partial charge is 2.00 e. The third-order valence-corrected chi connectivity index (χ3v) is 3.26. The van der Waals surface area contributed by atoms with E-state index in [0.29, 0.717) is 0 Å². The Morgan fingerprint density at radius 2 is 0.828 bits per heavy atom. The molecule has 0 aliphatic heterocycles. The van der Waals surface area contributed by atoms with Crippen LogP contribution >= 0.6 is 0 Å². The average Bonchev–Trinajstić information content (AvgIpc) is 3.48. The van der Waals surface area contributed by atoms with Crippen molar-refractivity contribution in [2.75, 3.05) is 14.2 Å². The molecule has 4 nitrogen and oxygen atoms in total. The van der Waals surface area contributed by atoms with Crippen LogP contribution in [0.25, 0.3) is 0 Å². The zero-order valence-corrected chi connectivity index (χ0v) is 19.1. The van der Waals surface area contributed by atoms with Crippen LogP contribution < -0.4 is 9.47 Å². The van der Waals surface area contributed by atoms with Crippen LogP contribution in [0, 0.1) is 0 Å². The summed E-state index contributed by atoms with van der Waals surface area (Å²) in [5, 5.41) is 17.6.